The first kappa shape index (κ1) is 21.0. The van der Waals surface area contributed by atoms with Gasteiger partial charge in [0.1, 0.15) is 0 Å². The molecule has 2 aliphatic heterocycles. The van der Waals surface area contributed by atoms with E-state index in [-0.39, 0.29) is 0 Å². The van der Waals surface area contributed by atoms with Gasteiger partial charge in [0, 0.05) is 0 Å². The fourth-order valence-corrected chi connectivity index (χ4v) is 2.87. The van der Waals surface area contributed by atoms with E-state index >= 15 is 0 Å². The predicted octanol–water partition coefficient (Wildman–Crippen LogP) is -4.09. The summed E-state index contributed by atoms with van der Waals surface area (Å²) < 4.78 is 35.6. The Labute approximate surface area is 147 Å². The van der Waals surface area contributed by atoms with Crippen LogP contribution in [0.25, 0.3) is 0 Å². The molecule has 0 aromatic heterocycles. The molecule has 26 heavy (non-hydrogen) atoms. The van der Waals surface area contributed by atoms with Gasteiger partial charge < -0.3 is 0 Å². The number of hydrogen-bond acceptors (Lipinski definition) is 10. The Morgan fingerprint density at radius 1 is 1.04 bits per heavy atom. The van der Waals surface area contributed by atoms with Gasteiger partial charge in [-0.05, 0) is 0 Å². The minimum absolute atomic E-state index is 0.953. The first-order valence-corrected chi connectivity index (χ1v) is 7.72. The molecular formula is C14H22O12+2. The molecule has 0 bridgehead atoms. The van der Waals surface area contributed by atoms with Gasteiger partial charge in [0.15, 0.2) is 0 Å². The number of hydrogen-bond donors (Lipinski definition) is 4. The second kappa shape index (κ2) is 8.59. The Kier molecular flexibility index (Phi) is 6.93. The normalized spacial score (nSPS) is 46.3. The molecule has 6 N–H and O–H groups in total. The molecular weight excluding hydrogens is 360 g/mol. The Balaban J connectivity index is 2.20. The first-order chi connectivity index (χ1) is 12.2. The van der Waals surface area contributed by atoms with Crippen LogP contribution in [-0.2, 0) is 33.1 Å². The molecule has 0 radical (unpaired) electrons. The van der Waals surface area contributed by atoms with Gasteiger partial charge in [0.25, 0.3) is 0 Å². The van der Waals surface area contributed by atoms with E-state index in [0.717, 1.165) is 6.33 Å². The Hall–Kier alpha value is -1.31. The zero-order chi connectivity index (χ0) is 19.6. The van der Waals surface area contributed by atoms with E-state index in [9.17, 15) is 29.9 Å². The van der Waals surface area contributed by atoms with E-state index in [1.165, 1.54) is 14.0 Å². The van der Waals surface area contributed by atoms with Gasteiger partial charge in [-0.2, -0.15) is 0 Å². The van der Waals surface area contributed by atoms with Crippen molar-refractivity contribution in [2.75, 3.05) is 7.11 Å². The number of carbonyl (C=O) groups excluding carboxylic acids is 1. The van der Waals surface area contributed by atoms with Crippen molar-refractivity contribution < 1.29 is 58.7 Å². The van der Waals surface area contributed by atoms with Crippen LogP contribution in [0.15, 0.2) is 0 Å². The van der Waals surface area contributed by atoms with Crippen LogP contribution in [0.5, 0.6) is 0 Å². The van der Waals surface area contributed by atoms with Crippen molar-refractivity contribution in [1.29, 1.82) is 0 Å². The van der Waals surface area contributed by atoms with Crippen LogP contribution in [0.1, 0.15) is 6.92 Å². The molecule has 0 aliphatic carbocycles. The summed E-state index contributed by atoms with van der Waals surface area (Å²) >= 11 is 0. The third kappa shape index (κ3) is 4.00. The van der Waals surface area contributed by atoms with Gasteiger partial charge in [-0.15, -0.1) is 0 Å². The fraction of sp³-hybridized carbons (Fsp3) is 0.857. The van der Waals surface area contributed by atoms with Gasteiger partial charge in [0.05, 0.1) is 0 Å². The molecule has 0 saturated carbocycles. The number of rotatable bonds is 5. The average molecular weight is 382 g/mol. The monoisotopic (exact) mass is 382 g/mol. The van der Waals surface area contributed by atoms with Gasteiger partial charge in [0.2, 0.25) is 0 Å². The fourth-order valence-electron chi connectivity index (χ4n) is 2.87. The predicted molar refractivity (Wildman–Crippen MR) is 77.0 cm³/mol. The second-order valence-corrected chi connectivity index (χ2v) is 5.96. The zero-order valence-corrected chi connectivity index (χ0v) is 13.9. The third-order valence-corrected chi connectivity index (χ3v) is 4.32. The topological polar surface area (TPSA) is 187 Å². The summed E-state index contributed by atoms with van der Waals surface area (Å²) in [5, 5.41) is 47.5. The van der Waals surface area contributed by atoms with Crippen LogP contribution >= 0.6 is 0 Å². The Morgan fingerprint density at radius 2 is 1.65 bits per heavy atom. The van der Waals surface area contributed by atoms with Crippen molar-refractivity contribution in [3.05, 3.63) is 0 Å². The SMILES string of the molecule is CO[C@@H]1C(OC#[O+])O[C@H](O[C@@H]2C(C(=O)[OH2+])O[C@@H](C)C(O)[C@H]2O)C(O)[C@@H]1O. The second-order valence-electron chi connectivity index (χ2n) is 5.96. The van der Waals surface area contributed by atoms with Crippen LogP contribution in [0.2, 0.25) is 0 Å². The molecule has 148 valence electrons. The van der Waals surface area contributed by atoms with Crippen LogP contribution in [0, 0.1) is 6.33 Å². The minimum atomic E-state index is -1.73. The van der Waals surface area contributed by atoms with Crippen molar-refractivity contribution in [3.63, 3.8) is 0 Å². The summed E-state index contributed by atoms with van der Waals surface area (Å²) in [6, 6.07) is 0. The average Bonchev–Trinajstić information content (AvgIpc) is 2.59. The number of aliphatic hydroxyl groups is 4. The van der Waals surface area contributed by atoms with E-state index in [2.05, 4.69) is 4.74 Å². The number of ether oxygens (including phenoxy) is 5. The molecule has 2 aliphatic rings. The van der Waals surface area contributed by atoms with Crippen LogP contribution < -0.4 is 0 Å². The summed E-state index contributed by atoms with van der Waals surface area (Å²) in [4.78, 5) is 11.5. The molecule has 0 aromatic rings. The number of aliphatic hydroxyl groups excluding tert-OH is 4. The quantitative estimate of drug-likeness (QED) is 0.340. The molecule has 2 fully saturated rings. The molecule has 2 saturated heterocycles. The number of methoxy groups -OCH3 is 1. The molecule has 2 heterocycles. The van der Waals surface area contributed by atoms with Crippen molar-refractivity contribution in [3.8, 4) is 6.33 Å². The van der Waals surface area contributed by atoms with Crippen molar-refractivity contribution in [1.82, 2.24) is 0 Å². The van der Waals surface area contributed by atoms with Gasteiger partial charge in [-0.3, -0.25) is 0 Å². The summed E-state index contributed by atoms with van der Waals surface area (Å²) in [6.45, 7) is 1.39. The van der Waals surface area contributed by atoms with E-state index in [4.69, 9.17) is 24.1 Å². The van der Waals surface area contributed by atoms with E-state index in [1.807, 2.05) is 0 Å². The molecule has 12 heteroatoms. The molecule has 10 atom stereocenters. The van der Waals surface area contributed by atoms with E-state index in [0.29, 0.717) is 0 Å². The van der Waals surface area contributed by atoms with Crippen molar-refractivity contribution >= 4 is 5.97 Å². The third-order valence-electron chi connectivity index (χ3n) is 4.32. The van der Waals surface area contributed by atoms with Gasteiger partial charge in [-0.1, -0.05) is 0 Å². The van der Waals surface area contributed by atoms with Crippen LogP contribution in [0.3, 0.4) is 0 Å². The Morgan fingerprint density at radius 3 is 2.19 bits per heavy atom. The number of carbonyl (C=O) groups is 1. The molecule has 4 unspecified atom stereocenters. The maximum atomic E-state index is 11.5. The van der Waals surface area contributed by atoms with Gasteiger partial charge in [-0.25, -0.2) is 0 Å². The standard InChI is InChI=1S/C14H20O12/c1-4-5(16)6(17)9(11(24-4)12(20)21)25-13-8(19)7(18)10(22-2)14(26-13)23-3-15/h4-11,13-14,16-19H,1-2H3/p+2/t4-,5?,6+,7-,8?,9-,10-,11?,13-,14?/m0/s1. The van der Waals surface area contributed by atoms with Crippen LogP contribution in [-0.4, -0.2) is 100 Å². The first-order valence-electron chi connectivity index (χ1n) is 7.72. The molecule has 2 rings (SSSR count). The molecule has 12 nitrogen and oxygen atoms in total. The summed E-state index contributed by atoms with van der Waals surface area (Å²) in [5.74, 6) is -1.23. The zero-order valence-electron chi connectivity index (χ0n) is 13.9. The van der Waals surface area contributed by atoms with Gasteiger partial charge >= 0.3 is 146 Å². The van der Waals surface area contributed by atoms with E-state index < -0.39 is 67.4 Å². The molecule has 0 spiro atoms. The maximum absolute atomic E-state index is 11.5. The summed E-state index contributed by atoms with van der Waals surface area (Å²) in [7, 11) is 1.18. The van der Waals surface area contributed by atoms with E-state index in [1.54, 1.807) is 0 Å². The van der Waals surface area contributed by atoms with Crippen molar-refractivity contribution in [2.45, 2.75) is 68.3 Å². The van der Waals surface area contributed by atoms with Crippen LogP contribution in [0.4, 0.5) is 0 Å². The van der Waals surface area contributed by atoms with Crippen molar-refractivity contribution in [2.24, 2.45) is 0 Å². The summed E-state index contributed by atoms with van der Waals surface area (Å²) in [6.07, 6.45) is -13.9. The molecule has 0 aromatic carbocycles. The summed E-state index contributed by atoms with van der Waals surface area (Å²) in [5.41, 5.74) is 0. The Bertz CT molecular complexity index is 535. The molecule has 0 amide bonds.